The molecule has 2 N–H and O–H groups in total. The van der Waals surface area contributed by atoms with Crippen molar-refractivity contribution in [2.75, 3.05) is 47.5 Å². The van der Waals surface area contributed by atoms with Crippen molar-refractivity contribution in [3.05, 3.63) is 53.1 Å². The second-order valence-electron chi connectivity index (χ2n) is 8.44. The summed E-state index contributed by atoms with van der Waals surface area (Å²) in [5.41, 5.74) is 0.850. The van der Waals surface area contributed by atoms with Crippen LogP contribution in [0.5, 0.6) is 23.0 Å². The van der Waals surface area contributed by atoms with Gasteiger partial charge in [-0.2, -0.15) is 0 Å². The quantitative estimate of drug-likeness (QED) is 0.363. The molecule has 34 heavy (non-hydrogen) atoms. The van der Waals surface area contributed by atoms with Crippen molar-refractivity contribution in [3.8, 4) is 23.0 Å². The first kappa shape index (κ1) is 23.4. The second kappa shape index (κ2) is 9.64. The molecule has 0 saturated carbocycles. The van der Waals surface area contributed by atoms with E-state index in [1.807, 2.05) is 19.0 Å². The van der Waals surface area contributed by atoms with Gasteiger partial charge in [-0.15, -0.1) is 0 Å². The number of hydrogen-bond acceptors (Lipinski definition) is 8. The molecule has 0 radical (unpaired) electrons. The highest BCUT2D eigenvalue weighted by molar-refractivity contribution is 6.46. The van der Waals surface area contributed by atoms with Crippen LogP contribution in [0.3, 0.4) is 0 Å². The number of ketones is 1. The Morgan fingerprint density at radius 1 is 1.12 bits per heavy atom. The number of fused-ring (bicyclic) bond motifs is 1. The molecule has 0 bridgehead atoms. The number of carbonyl (C=O) groups excluding carboxylic acids is 2. The summed E-state index contributed by atoms with van der Waals surface area (Å²) in [4.78, 5) is 29.7. The first-order chi connectivity index (χ1) is 16.3. The van der Waals surface area contributed by atoms with E-state index in [-0.39, 0.29) is 22.8 Å². The molecule has 180 valence electrons. The Kier molecular flexibility index (Phi) is 6.65. The highest BCUT2D eigenvalue weighted by Crippen LogP contribution is 2.42. The average molecular weight is 469 g/mol. The van der Waals surface area contributed by atoms with E-state index in [1.54, 1.807) is 30.3 Å². The lowest BCUT2D eigenvalue weighted by Crippen LogP contribution is -2.32. The lowest BCUT2D eigenvalue weighted by atomic mass is 9.94. The lowest BCUT2D eigenvalue weighted by Gasteiger charge is -2.26. The van der Waals surface area contributed by atoms with Gasteiger partial charge in [-0.3, -0.25) is 9.59 Å². The maximum Gasteiger partial charge on any atom is 0.295 e. The van der Waals surface area contributed by atoms with Gasteiger partial charge in [-0.1, -0.05) is 6.07 Å². The van der Waals surface area contributed by atoms with E-state index in [9.17, 15) is 19.8 Å². The van der Waals surface area contributed by atoms with Crippen LogP contribution in [-0.2, 0) is 9.59 Å². The van der Waals surface area contributed by atoms with Gasteiger partial charge >= 0.3 is 0 Å². The van der Waals surface area contributed by atoms with Crippen LogP contribution in [0.15, 0.2) is 42.0 Å². The Morgan fingerprint density at radius 2 is 1.85 bits per heavy atom. The number of rotatable bonds is 7. The van der Waals surface area contributed by atoms with Crippen molar-refractivity contribution in [1.29, 1.82) is 0 Å². The number of phenols is 1. The predicted molar refractivity (Wildman–Crippen MR) is 124 cm³/mol. The average Bonchev–Trinajstić information content (AvgIpc) is 3.08. The first-order valence-electron chi connectivity index (χ1n) is 11.0. The van der Waals surface area contributed by atoms with Gasteiger partial charge in [0.05, 0.1) is 18.7 Å². The summed E-state index contributed by atoms with van der Waals surface area (Å²) < 4.78 is 16.4. The van der Waals surface area contributed by atoms with E-state index >= 15 is 0 Å². The minimum absolute atomic E-state index is 0.0285. The molecule has 1 amide bonds. The van der Waals surface area contributed by atoms with Gasteiger partial charge in [-0.05, 0) is 63.0 Å². The largest absolute Gasteiger partial charge is 0.507 e. The number of likely N-dealkylation sites (tertiary alicyclic amines) is 1. The third kappa shape index (κ3) is 4.38. The zero-order valence-corrected chi connectivity index (χ0v) is 19.4. The third-order valence-corrected chi connectivity index (χ3v) is 5.88. The number of ether oxygens (including phenoxy) is 3. The molecule has 1 unspecified atom stereocenters. The SMILES string of the molecule is COc1cc(C2C(=C(O)c3ccc4c(c3)OCCO4)C(=O)C(=O)N2CCCN(C)C)ccc1O. The van der Waals surface area contributed by atoms with Crippen molar-refractivity contribution < 1.29 is 34.0 Å². The number of nitrogens with zero attached hydrogens (tertiary/aromatic N) is 2. The van der Waals surface area contributed by atoms with Crippen LogP contribution < -0.4 is 14.2 Å². The molecule has 9 heteroatoms. The fraction of sp³-hybridized carbons (Fsp3) is 0.360. The van der Waals surface area contributed by atoms with Crippen LogP contribution in [0, 0.1) is 0 Å². The molecule has 2 aromatic carbocycles. The number of methoxy groups -OCH3 is 1. The number of carbonyl (C=O) groups is 2. The highest BCUT2D eigenvalue weighted by Gasteiger charge is 2.46. The highest BCUT2D eigenvalue weighted by atomic mass is 16.6. The van der Waals surface area contributed by atoms with E-state index in [0.29, 0.717) is 48.8 Å². The van der Waals surface area contributed by atoms with Gasteiger partial charge in [-0.25, -0.2) is 0 Å². The summed E-state index contributed by atoms with van der Waals surface area (Å²) in [6, 6.07) is 8.67. The molecule has 0 spiro atoms. The number of Topliss-reactive ketones (excluding diaryl/α,β-unsaturated/α-hetero) is 1. The van der Waals surface area contributed by atoms with E-state index in [0.717, 1.165) is 6.54 Å². The molecular formula is C25H28N2O7. The summed E-state index contributed by atoms with van der Waals surface area (Å²) in [5.74, 6) is -0.616. The number of amides is 1. The Morgan fingerprint density at radius 3 is 2.56 bits per heavy atom. The van der Waals surface area contributed by atoms with E-state index in [4.69, 9.17) is 14.2 Å². The molecular weight excluding hydrogens is 440 g/mol. The molecule has 4 rings (SSSR count). The maximum absolute atomic E-state index is 13.2. The number of benzene rings is 2. The van der Waals surface area contributed by atoms with Crippen molar-refractivity contribution >= 4 is 17.4 Å². The van der Waals surface area contributed by atoms with E-state index < -0.39 is 17.7 Å². The fourth-order valence-electron chi connectivity index (χ4n) is 4.22. The Labute approximate surface area is 197 Å². The maximum atomic E-state index is 13.2. The molecule has 1 atom stereocenters. The molecule has 1 fully saturated rings. The summed E-state index contributed by atoms with van der Waals surface area (Å²) in [6.45, 7) is 1.84. The Hall–Kier alpha value is -3.72. The minimum atomic E-state index is -0.843. The molecule has 0 aliphatic carbocycles. The van der Waals surface area contributed by atoms with Gasteiger partial charge in [0.1, 0.15) is 19.0 Å². The van der Waals surface area contributed by atoms with Crippen LogP contribution in [0.4, 0.5) is 0 Å². The Bertz CT molecular complexity index is 1140. The zero-order chi connectivity index (χ0) is 24.4. The van der Waals surface area contributed by atoms with Crippen LogP contribution >= 0.6 is 0 Å². The van der Waals surface area contributed by atoms with Crippen molar-refractivity contribution in [3.63, 3.8) is 0 Å². The van der Waals surface area contributed by atoms with Gasteiger partial charge in [0.15, 0.2) is 23.0 Å². The van der Waals surface area contributed by atoms with Gasteiger partial charge in [0.2, 0.25) is 0 Å². The van der Waals surface area contributed by atoms with Gasteiger partial charge < -0.3 is 34.2 Å². The van der Waals surface area contributed by atoms with E-state index in [2.05, 4.69) is 0 Å². The van der Waals surface area contributed by atoms with Crippen LogP contribution in [0.25, 0.3) is 5.76 Å². The monoisotopic (exact) mass is 468 g/mol. The number of hydrogen-bond donors (Lipinski definition) is 2. The third-order valence-electron chi connectivity index (χ3n) is 5.88. The lowest BCUT2D eigenvalue weighted by molar-refractivity contribution is -0.139. The van der Waals surface area contributed by atoms with Crippen molar-refractivity contribution in [2.45, 2.75) is 12.5 Å². The number of aliphatic hydroxyl groups excluding tert-OH is 1. The Balaban J connectivity index is 1.81. The standard InChI is InChI=1S/C25H28N2O7/c1-26(2)9-4-10-27-22(15-5-7-17(28)19(13-15)32-3)21(24(30)25(27)31)23(29)16-6-8-18-20(14-16)34-12-11-33-18/h5-8,13-14,22,28-29H,4,9-12H2,1-3H3. The second-order valence-corrected chi connectivity index (χ2v) is 8.44. The summed E-state index contributed by atoms with van der Waals surface area (Å²) in [7, 11) is 5.28. The van der Waals surface area contributed by atoms with Crippen molar-refractivity contribution in [2.24, 2.45) is 0 Å². The summed E-state index contributed by atoms with van der Waals surface area (Å²) >= 11 is 0. The van der Waals surface area contributed by atoms with Gasteiger partial charge in [0.25, 0.3) is 11.7 Å². The molecule has 0 aromatic heterocycles. The summed E-state index contributed by atoms with van der Waals surface area (Å²) in [6.07, 6.45) is 0.635. The predicted octanol–water partition coefficient (Wildman–Crippen LogP) is 2.55. The van der Waals surface area contributed by atoms with E-state index in [1.165, 1.54) is 18.1 Å². The minimum Gasteiger partial charge on any atom is -0.507 e. The van der Waals surface area contributed by atoms with Gasteiger partial charge in [0, 0.05) is 12.1 Å². The van der Waals surface area contributed by atoms with Crippen LogP contribution in [-0.4, -0.2) is 79.2 Å². The number of phenolic OH excluding ortho intramolecular Hbond substituents is 1. The van der Waals surface area contributed by atoms with Crippen molar-refractivity contribution in [1.82, 2.24) is 9.80 Å². The molecule has 1 saturated heterocycles. The first-order valence-corrected chi connectivity index (χ1v) is 11.0. The van der Waals surface area contributed by atoms with Crippen LogP contribution in [0.2, 0.25) is 0 Å². The molecule has 9 nitrogen and oxygen atoms in total. The molecule has 2 aliphatic heterocycles. The normalized spacial score (nSPS) is 19.1. The zero-order valence-electron chi connectivity index (χ0n) is 19.4. The number of aromatic hydroxyl groups is 1. The topological polar surface area (TPSA) is 109 Å². The fourth-order valence-corrected chi connectivity index (χ4v) is 4.22. The smallest absolute Gasteiger partial charge is 0.295 e. The van der Waals surface area contributed by atoms with Crippen LogP contribution in [0.1, 0.15) is 23.6 Å². The molecule has 2 aromatic rings. The molecule has 2 heterocycles. The summed E-state index contributed by atoms with van der Waals surface area (Å²) in [5, 5.41) is 21.3. The number of aliphatic hydroxyl groups is 1. The molecule has 2 aliphatic rings.